The number of carbonyl (C=O) groups is 1. The standard InChI is InChI=1S/C21H25N3O2S.ClH/c1-14-12-15(2)19-18(13-14)27-21(22-19)24(11-10-23(3)4)20(25)16-8-6-7-9-17(16)26-5;/h6-9,12-13H,10-11H2,1-5H3;1H. The van der Waals surface area contributed by atoms with Gasteiger partial charge in [-0.15, -0.1) is 12.4 Å². The average Bonchev–Trinajstić information content (AvgIpc) is 3.05. The molecule has 7 heteroatoms. The molecule has 0 aliphatic heterocycles. The number of ether oxygens (including phenoxy) is 1. The van der Waals surface area contributed by atoms with Gasteiger partial charge < -0.3 is 9.64 Å². The number of fused-ring (bicyclic) bond motifs is 1. The van der Waals surface area contributed by atoms with Crippen molar-refractivity contribution in [2.75, 3.05) is 39.2 Å². The first-order valence-corrected chi connectivity index (χ1v) is 9.69. The highest BCUT2D eigenvalue weighted by Gasteiger charge is 2.24. The lowest BCUT2D eigenvalue weighted by Crippen LogP contribution is -2.36. The number of benzene rings is 2. The van der Waals surface area contributed by atoms with Gasteiger partial charge in [0.25, 0.3) is 5.91 Å². The first-order chi connectivity index (χ1) is 12.9. The Hall–Kier alpha value is -2.15. The van der Waals surface area contributed by atoms with Crippen LogP contribution < -0.4 is 9.64 Å². The van der Waals surface area contributed by atoms with Crippen LogP contribution in [-0.2, 0) is 0 Å². The fraction of sp³-hybridized carbons (Fsp3) is 0.333. The Kier molecular flexibility index (Phi) is 7.41. The molecule has 1 heterocycles. The van der Waals surface area contributed by atoms with E-state index in [-0.39, 0.29) is 18.3 Å². The number of amides is 1. The van der Waals surface area contributed by atoms with Crippen LogP contribution in [0, 0.1) is 13.8 Å². The number of aromatic nitrogens is 1. The van der Waals surface area contributed by atoms with Crippen molar-refractivity contribution in [1.82, 2.24) is 9.88 Å². The van der Waals surface area contributed by atoms with Crippen molar-refractivity contribution in [1.29, 1.82) is 0 Å². The minimum atomic E-state index is -0.0947. The Bertz CT molecular complexity index is 971. The maximum absolute atomic E-state index is 13.4. The van der Waals surface area contributed by atoms with Crippen molar-refractivity contribution in [2.24, 2.45) is 0 Å². The zero-order chi connectivity index (χ0) is 19.6. The van der Waals surface area contributed by atoms with Crippen molar-refractivity contribution in [3.8, 4) is 5.75 Å². The quantitative estimate of drug-likeness (QED) is 0.587. The number of hydrogen-bond acceptors (Lipinski definition) is 5. The summed E-state index contributed by atoms with van der Waals surface area (Å²) in [5.41, 5.74) is 3.84. The van der Waals surface area contributed by atoms with Crippen LogP contribution in [0.15, 0.2) is 36.4 Å². The third-order valence-electron chi connectivity index (χ3n) is 4.40. The van der Waals surface area contributed by atoms with Crippen LogP contribution in [-0.4, -0.2) is 50.1 Å². The SMILES string of the molecule is COc1ccccc1C(=O)N(CCN(C)C)c1nc2c(C)cc(C)cc2s1.Cl. The van der Waals surface area contributed by atoms with Gasteiger partial charge in [-0.25, -0.2) is 4.98 Å². The number of rotatable bonds is 6. The van der Waals surface area contributed by atoms with Crippen LogP contribution in [0.5, 0.6) is 5.75 Å². The van der Waals surface area contributed by atoms with E-state index in [2.05, 4.69) is 30.9 Å². The van der Waals surface area contributed by atoms with Crippen LogP contribution in [0.25, 0.3) is 10.2 Å². The van der Waals surface area contributed by atoms with Crippen molar-refractivity contribution in [2.45, 2.75) is 13.8 Å². The molecule has 0 aliphatic carbocycles. The second-order valence-electron chi connectivity index (χ2n) is 6.89. The number of methoxy groups -OCH3 is 1. The van der Waals surface area contributed by atoms with Gasteiger partial charge in [-0.05, 0) is 57.3 Å². The molecule has 0 radical (unpaired) electrons. The molecule has 0 saturated heterocycles. The summed E-state index contributed by atoms with van der Waals surface area (Å²) in [5.74, 6) is 0.480. The largest absolute Gasteiger partial charge is 0.496 e. The molecular formula is C21H26ClN3O2S. The highest BCUT2D eigenvalue weighted by Crippen LogP contribution is 2.33. The molecule has 3 rings (SSSR count). The highest BCUT2D eigenvalue weighted by molar-refractivity contribution is 7.22. The van der Waals surface area contributed by atoms with Gasteiger partial charge in [0.05, 0.1) is 22.9 Å². The average molecular weight is 420 g/mol. The molecule has 0 aliphatic rings. The van der Waals surface area contributed by atoms with E-state index in [1.165, 1.54) is 5.56 Å². The summed E-state index contributed by atoms with van der Waals surface area (Å²) in [6.07, 6.45) is 0. The van der Waals surface area contributed by atoms with Crippen molar-refractivity contribution < 1.29 is 9.53 Å². The number of para-hydroxylation sites is 1. The van der Waals surface area contributed by atoms with Gasteiger partial charge in [-0.3, -0.25) is 9.69 Å². The van der Waals surface area contributed by atoms with Gasteiger partial charge in [0, 0.05) is 13.1 Å². The summed E-state index contributed by atoms with van der Waals surface area (Å²) in [4.78, 5) is 22.0. The molecule has 0 unspecified atom stereocenters. The molecule has 28 heavy (non-hydrogen) atoms. The molecule has 150 valence electrons. The summed E-state index contributed by atoms with van der Waals surface area (Å²) in [6, 6.07) is 11.6. The van der Waals surface area contributed by atoms with Gasteiger partial charge >= 0.3 is 0 Å². The maximum Gasteiger partial charge on any atom is 0.263 e. The Balaban J connectivity index is 0.00000280. The van der Waals surface area contributed by atoms with E-state index in [9.17, 15) is 4.79 Å². The topological polar surface area (TPSA) is 45.7 Å². The number of anilines is 1. The minimum absolute atomic E-state index is 0. The summed E-state index contributed by atoms with van der Waals surface area (Å²) in [6.45, 7) is 5.44. The zero-order valence-electron chi connectivity index (χ0n) is 16.9. The molecule has 3 aromatic rings. The Labute approximate surface area is 176 Å². The van der Waals surface area contributed by atoms with Crippen molar-refractivity contribution >= 4 is 45.0 Å². The van der Waals surface area contributed by atoms with Crippen LogP contribution in [0.4, 0.5) is 5.13 Å². The number of aryl methyl sites for hydroxylation is 2. The third kappa shape index (κ3) is 4.63. The normalized spacial score (nSPS) is 10.8. The molecule has 0 saturated carbocycles. The van der Waals surface area contributed by atoms with E-state index in [0.29, 0.717) is 17.9 Å². The van der Waals surface area contributed by atoms with Gasteiger partial charge in [0.2, 0.25) is 0 Å². The van der Waals surface area contributed by atoms with Crippen LogP contribution >= 0.6 is 23.7 Å². The Morgan fingerprint density at radius 1 is 1.14 bits per heavy atom. The number of hydrogen-bond donors (Lipinski definition) is 0. The summed E-state index contributed by atoms with van der Waals surface area (Å²) < 4.78 is 6.50. The number of halogens is 1. The fourth-order valence-electron chi connectivity index (χ4n) is 3.03. The summed E-state index contributed by atoms with van der Waals surface area (Å²) in [7, 11) is 5.58. The Morgan fingerprint density at radius 3 is 2.54 bits per heavy atom. The van der Waals surface area contributed by atoms with Gasteiger partial charge in [-0.2, -0.15) is 0 Å². The lowest BCUT2D eigenvalue weighted by molar-refractivity contribution is 0.0982. The molecule has 2 aromatic carbocycles. The molecule has 0 atom stereocenters. The van der Waals surface area contributed by atoms with Crippen LogP contribution in [0.1, 0.15) is 21.5 Å². The van der Waals surface area contributed by atoms with Gasteiger partial charge in [0.1, 0.15) is 5.75 Å². The smallest absolute Gasteiger partial charge is 0.263 e. The molecule has 0 N–H and O–H groups in total. The van der Waals surface area contributed by atoms with E-state index in [0.717, 1.165) is 27.5 Å². The van der Waals surface area contributed by atoms with Crippen molar-refractivity contribution in [3.63, 3.8) is 0 Å². The zero-order valence-corrected chi connectivity index (χ0v) is 18.5. The first-order valence-electron chi connectivity index (χ1n) is 8.88. The van der Waals surface area contributed by atoms with Crippen LogP contribution in [0.3, 0.4) is 0 Å². The van der Waals surface area contributed by atoms with E-state index in [4.69, 9.17) is 9.72 Å². The van der Waals surface area contributed by atoms with Crippen molar-refractivity contribution in [3.05, 3.63) is 53.1 Å². The van der Waals surface area contributed by atoms with Gasteiger partial charge in [-0.1, -0.05) is 29.5 Å². The summed E-state index contributed by atoms with van der Waals surface area (Å²) >= 11 is 1.56. The number of likely N-dealkylation sites (N-methyl/N-ethyl adjacent to an activating group) is 1. The number of carbonyl (C=O) groups excluding carboxylic acids is 1. The lowest BCUT2D eigenvalue weighted by atomic mass is 10.1. The molecule has 1 aromatic heterocycles. The Morgan fingerprint density at radius 2 is 1.86 bits per heavy atom. The molecule has 5 nitrogen and oxygen atoms in total. The first kappa shape index (κ1) is 22.1. The third-order valence-corrected chi connectivity index (χ3v) is 5.43. The van der Waals surface area contributed by atoms with E-state index >= 15 is 0 Å². The molecular weight excluding hydrogens is 394 g/mol. The predicted molar refractivity (Wildman–Crippen MR) is 120 cm³/mol. The number of nitrogens with zero attached hydrogens (tertiary/aromatic N) is 3. The second kappa shape index (κ2) is 9.37. The van der Waals surface area contributed by atoms with Crippen LogP contribution in [0.2, 0.25) is 0 Å². The van der Waals surface area contributed by atoms with E-state index < -0.39 is 0 Å². The second-order valence-corrected chi connectivity index (χ2v) is 7.89. The predicted octanol–water partition coefficient (Wildman–Crippen LogP) is 4.55. The van der Waals surface area contributed by atoms with Gasteiger partial charge in [0.15, 0.2) is 5.13 Å². The maximum atomic E-state index is 13.4. The number of thiazole rings is 1. The summed E-state index contributed by atoms with van der Waals surface area (Å²) in [5, 5.41) is 0.719. The lowest BCUT2D eigenvalue weighted by Gasteiger charge is -2.22. The molecule has 0 spiro atoms. The molecule has 0 bridgehead atoms. The van der Waals surface area contributed by atoms with E-state index in [1.54, 1.807) is 29.4 Å². The fourth-order valence-corrected chi connectivity index (χ4v) is 4.19. The monoisotopic (exact) mass is 419 g/mol. The molecule has 1 amide bonds. The van der Waals surface area contributed by atoms with E-state index in [1.807, 2.05) is 32.3 Å². The molecule has 0 fully saturated rings. The minimum Gasteiger partial charge on any atom is -0.496 e. The highest BCUT2D eigenvalue weighted by atomic mass is 35.5.